The molecule has 1 fully saturated rings. The number of pyridine rings is 1. The first-order valence-electron chi connectivity index (χ1n) is 14.3. The first kappa shape index (κ1) is 36.4. The van der Waals surface area contributed by atoms with Gasteiger partial charge in [-0.2, -0.15) is 8.42 Å². The lowest BCUT2D eigenvalue weighted by molar-refractivity contribution is -0.161. The number of amides is 2. The number of carboxylic acids is 1. The second-order valence-electron chi connectivity index (χ2n) is 11.2. The van der Waals surface area contributed by atoms with E-state index in [0.717, 1.165) is 17.5 Å². The summed E-state index contributed by atoms with van der Waals surface area (Å²) in [5, 5.41) is 26.1. The van der Waals surface area contributed by atoms with Gasteiger partial charge in [0.2, 0.25) is 16.9 Å². The van der Waals surface area contributed by atoms with Crippen LogP contribution in [0.3, 0.4) is 0 Å². The Bertz CT molecular complexity index is 2000. The van der Waals surface area contributed by atoms with E-state index < -0.39 is 81.3 Å². The number of nitrogens with two attached hydrogens (primary N) is 1. The molecular weight excluding hydrogens is 688 g/mol. The summed E-state index contributed by atoms with van der Waals surface area (Å²) in [4.78, 5) is 86.4. The molecule has 1 aliphatic heterocycles. The van der Waals surface area contributed by atoms with Crippen molar-refractivity contribution < 1.29 is 52.0 Å². The summed E-state index contributed by atoms with van der Waals surface area (Å²) in [5.74, 6) is -6.29. The molecule has 4 rings (SSSR count). The zero-order valence-corrected chi connectivity index (χ0v) is 27.4. The van der Waals surface area contributed by atoms with Crippen LogP contribution in [0.2, 0.25) is 0 Å². The number of nitrogens with zero attached hydrogens (tertiary/aromatic N) is 3. The number of aryl methyl sites for hydroxylation is 1. The number of benzene rings is 1. The van der Waals surface area contributed by atoms with E-state index in [0.29, 0.717) is 5.69 Å². The van der Waals surface area contributed by atoms with Crippen LogP contribution in [0, 0.1) is 5.92 Å². The molecular formula is C29H30N6O12S2. The highest BCUT2D eigenvalue weighted by Gasteiger charge is 2.54. The van der Waals surface area contributed by atoms with Gasteiger partial charge in [-0.05, 0) is 32.4 Å². The van der Waals surface area contributed by atoms with Crippen molar-refractivity contribution in [3.8, 4) is 5.75 Å². The molecule has 1 aromatic carbocycles. The molecule has 2 aromatic heterocycles. The number of anilines is 1. The summed E-state index contributed by atoms with van der Waals surface area (Å²) in [6.45, 7) is 1.82. The van der Waals surface area contributed by atoms with E-state index >= 15 is 0 Å². The van der Waals surface area contributed by atoms with Crippen molar-refractivity contribution in [1.29, 1.82) is 0 Å². The monoisotopic (exact) mass is 718 g/mol. The second-order valence-corrected chi connectivity index (χ2v) is 13.4. The number of aromatic hydroxyl groups is 1. The van der Waals surface area contributed by atoms with Gasteiger partial charge in [0.1, 0.15) is 5.69 Å². The van der Waals surface area contributed by atoms with Gasteiger partial charge in [-0.15, -0.1) is 11.3 Å². The van der Waals surface area contributed by atoms with Crippen molar-refractivity contribution in [3.63, 3.8) is 0 Å². The van der Waals surface area contributed by atoms with E-state index in [4.69, 9.17) is 10.6 Å². The van der Waals surface area contributed by atoms with Gasteiger partial charge in [-0.1, -0.05) is 17.3 Å². The molecule has 49 heavy (non-hydrogen) atoms. The third-order valence-corrected chi connectivity index (χ3v) is 9.00. The van der Waals surface area contributed by atoms with E-state index in [1.807, 2.05) is 0 Å². The van der Waals surface area contributed by atoms with E-state index in [1.54, 1.807) is 0 Å². The van der Waals surface area contributed by atoms with Crippen LogP contribution >= 0.6 is 11.3 Å². The number of nitrogen functional groups attached to an aromatic ring is 1. The van der Waals surface area contributed by atoms with E-state index in [-0.39, 0.29) is 44.9 Å². The van der Waals surface area contributed by atoms with Crippen LogP contribution in [0.1, 0.15) is 58.8 Å². The smallest absolute Gasteiger partial charge is 0.362 e. The third kappa shape index (κ3) is 8.52. The minimum atomic E-state index is -5.09. The van der Waals surface area contributed by atoms with E-state index in [1.165, 1.54) is 49.6 Å². The highest BCUT2D eigenvalue weighted by Crippen LogP contribution is 2.32. The van der Waals surface area contributed by atoms with Gasteiger partial charge in [0, 0.05) is 53.9 Å². The minimum absolute atomic E-state index is 0.0132. The Morgan fingerprint density at radius 2 is 1.82 bits per heavy atom. The Balaban J connectivity index is 1.44. The molecule has 0 unspecified atom stereocenters. The Hall–Kier alpha value is -5.47. The number of nitrogens with one attached hydrogen (secondary N) is 2. The maximum atomic E-state index is 13.3. The number of carboxylic acid groups (broad SMARTS) is 1. The Morgan fingerprint density at radius 1 is 1.16 bits per heavy atom. The van der Waals surface area contributed by atoms with Crippen molar-refractivity contribution in [2.75, 3.05) is 12.3 Å². The molecule has 0 saturated carbocycles. The fraction of sp³-hybridized carbons (Fsp3) is 0.310. The zero-order valence-electron chi connectivity index (χ0n) is 25.8. The van der Waals surface area contributed by atoms with Crippen LogP contribution in [0.4, 0.5) is 5.13 Å². The molecule has 1 aliphatic rings. The van der Waals surface area contributed by atoms with Gasteiger partial charge >= 0.3 is 16.3 Å². The number of carbonyl (C=O) groups excluding carboxylic acids is 4. The predicted octanol–water partition coefficient (Wildman–Crippen LogP) is 0.538. The number of aromatic amines is 1. The number of β-lactam (4-membered cyclic amide) rings is 1. The molecule has 0 bridgehead atoms. The second kappa shape index (κ2) is 14.3. The maximum absolute atomic E-state index is 13.3. The normalized spacial score (nSPS) is 16.5. The van der Waals surface area contributed by atoms with Crippen LogP contribution in [-0.4, -0.2) is 90.7 Å². The van der Waals surface area contributed by atoms with Crippen molar-refractivity contribution in [3.05, 3.63) is 74.6 Å². The Kier molecular flexibility index (Phi) is 10.6. The average molecular weight is 719 g/mol. The summed E-state index contributed by atoms with van der Waals surface area (Å²) >= 11 is 0.936. The molecule has 1 saturated heterocycles. The molecule has 7 N–H and O–H groups in total. The lowest BCUT2D eigenvalue weighted by Crippen LogP contribution is -2.66. The first-order valence-corrected chi connectivity index (χ1v) is 16.5. The van der Waals surface area contributed by atoms with Crippen LogP contribution in [0.15, 0.2) is 51.9 Å². The fourth-order valence-electron chi connectivity index (χ4n) is 4.59. The van der Waals surface area contributed by atoms with Gasteiger partial charge < -0.3 is 31.1 Å². The number of aliphatic carboxylic acids is 1. The zero-order chi connectivity index (χ0) is 36.3. The number of Topliss-reactive ketones (excluding diaryl/α,β-unsaturated/α-hetero) is 2. The highest BCUT2D eigenvalue weighted by molar-refractivity contribution is 7.84. The first-order chi connectivity index (χ1) is 22.9. The number of H-pyrrole nitrogens is 1. The molecule has 2 amide bonds. The van der Waals surface area contributed by atoms with Gasteiger partial charge in [0.05, 0.1) is 12.0 Å². The van der Waals surface area contributed by atoms with Crippen molar-refractivity contribution in [2.45, 2.75) is 44.8 Å². The SMILES string of the molecule is CC(C)(O/N=C(\C(=O)C[C@@H]1C(=O)N(S(=O)(=O)O)[C@@H]1CNC(=O)c1ccc(C(=O)CCc2cc(=O)c(O)c[nH]2)cc1)c1csc(N)n1)C(=O)O. The molecule has 2 atom stereocenters. The number of oxime groups is 1. The fourth-order valence-corrected chi connectivity index (χ4v) is 6.06. The van der Waals surface area contributed by atoms with Crippen molar-refractivity contribution in [2.24, 2.45) is 11.1 Å². The molecule has 0 aliphatic carbocycles. The third-order valence-electron chi connectivity index (χ3n) is 7.38. The lowest BCUT2D eigenvalue weighted by Gasteiger charge is -2.44. The topological polar surface area (TPSA) is 289 Å². The molecule has 260 valence electrons. The van der Waals surface area contributed by atoms with Crippen LogP contribution in [0.25, 0.3) is 0 Å². The number of rotatable bonds is 15. The largest absolute Gasteiger partial charge is 0.503 e. The lowest BCUT2D eigenvalue weighted by atomic mass is 9.84. The number of hydrogen-bond acceptors (Lipinski definition) is 14. The van der Waals surface area contributed by atoms with Crippen molar-refractivity contribution >= 4 is 61.8 Å². The molecule has 3 heterocycles. The van der Waals surface area contributed by atoms with E-state index in [2.05, 4.69) is 20.4 Å². The number of hydrogen-bond donors (Lipinski definition) is 6. The maximum Gasteiger partial charge on any atom is 0.362 e. The van der Waals surface area contributed by atoms with Crippen LogP contribution in [-0.2, 0) is 35.9 Å². The summed E-state index contributed by atoms with van der Waals surface area (Å²) in [6.07, 6.45) is 0.630. The molecule has 20 heteroatoms. The molecule has 3 aromatic rings. The van der Waals surface area contributed by atoms with Crippen LogP contribution < -0.4 is 16.5 Å². The van der Waals surface area contributed by atoms with Gasteiger partial charge in [0.25, 0.3) is 5.91 Å². The van der Waals surface area contributed by atoms with Gasteiger partial charge in [0.15, 0.2) is 28.2 Å². The number of aromatic nitrogens is 2. The summed E-state index contributed by atoms with van der Waals surface area (Å²) in [5.41, 5.74) is 3.37. The number of ketones is 2. The van der Waals surface area contributed by atoms with Gasteiger partial charge in [-0.3, -0.25) is 28.5 Å². The average Bonchev–Trinajstić information content (AvgIpc) is 3.46. The van der Waals surface area contributed by atoms with Crippen molar-refractivity contribution in [1.82, 2.24) is 19.6 Å². The molecule has 0 radical (unpaired) electrons. The minimum Gasteiger partial charge on any atom is -0.503 e. The summed E-state index contributed by atoms with van der Waals surface area (Å²) in [6, 6.07) is 5.21. The quantitative estimate of drug-likeness (QED) is 0.0411. The Labute approximate surface area is 281 Å². The Morgan fingerprint density at radius 3 is 2.39 bits per heavy atom. The standard InChI is InChI=1S/C29H30N6O12S2/c1-29(2,27(42)43)47-34-24(18-13-48-28(30)33-18)22(38)10-17-19(35(26(17)41)49(44,45)46)11-32-25(40)15-5-3-14(4-6-15)20(36)8-7-16-9-21(37)23(39)12-31-16/h3-6,9,12-13,17,19,39H,7-8,10-11H2,1-2H3,(H2,30,33)(H,31,37)(H,32,40)(H,42,43)(H,44,45,46)/b34-24-/t17-,19+/m0/s1. The highest BCUT2D eigenvalue weighted by atomic mass is 32.2. The van der Waals surface area contributed by atoms with Gasteiger partial charge in [-0.25, -0.2) is 14.1 Å². The predicted molar refractivity (Wildman–Crippen MR) is 171 cm³/mol. The van der Waals surface area contributed by atoms with Crippen LogP contribution in [0.5, 0.6) is 5.75 Å². The number of thiazole rings is 1. The van der Waals surface area contributed by atoms with E-state index in [9.17, 15) is 52.0 Å². The number of carbonyl (C=O) groups is 5. The summed E-state index contributed by atoms with van der Waals surface area (Å²) in [7, 11) is -5.09. The molecule has 18 nitrogen and oxygen atoms in total. The summed E-state index contributed by atoms with van der Waals surface area (Å²) < 4.78 is 33.7. The molecule has 0 spiro atoms.